The first-order chi connectivity index (χ1) is 6.97. The van der Waals surface area contributed by atoms with Crippen LogP contribution in [0.5, 0.6) is 0 Å². The number of aromatic nitrogens is 1. The summed E-state index contributed by atoms with van der Waals surface area (Å²) in [6.45, 7) is 0. The molecule has 0 unspecified atom stereocenters. The molecule has 0 bridgehead atoms. The van der Waals surface area contributed by atoms with Crippen molar-refractivity contribution in [2.24, 2.45) is 0 Å². The fourth-order valence-corrected chi connectivity index (χ4v) is 1.01. The van der Waals surface area contributed by atoms with Gasteiger partial charge in [0.15, 0.2) is 5.69 Å². The van der Waals surface area contributed by atoms with Gasteiger partial charge >= 0.3 is 5.97 Å². The van der Waals surface area contributed by atoms with Gasteiger partial charge in [0.05, 0.1) is 0 Å². The number of alkyl halides is 2. The van der Waals surface area contributed by atoms with Crippen LogP contribution in [0.3, 0.4) is 0 Å². The second kappa shape index (κ2) is 3.96. The van der Waals surface area contributed by atoms with E-state index in [1.165, 1.54) is 6.07 Å². The Bertz CT molecular complexity index is 454. The van der Waals surface area contributed by atoms with Crippen molar-refractivity contribution in [1.29, 1.82) is 5.26 Å². The van der Waals surface area contributed by atoms with Gasteiger partial charge in [-0.1, -0.05) is 0 Å². The largest absolute Gasteiger partial charge is 0.478 e. The molecular weight excluding hydrogens is 213 g/mol. The van der Waals surface area contributed by atoms with Crippen LogP contribution >= 0.6 is 0 Å². The molecule has 1 aromatic rings. The lowest BCUT2D eigenvalue weighted by Crippen LogP contribution is -2.09. The second-order valence-electron chi connectivity index (χ2n) is 2.48. The molecule has 0 saturated carbocycles. The molecule has 15 heavy (non-hydrogen) atoms. The zero-order chi connectivity index (χ0) is 11.6. The van der Waals surface area contributed by atoms with Gasteiger partial charge in [0.2, 0.25) is 5.95 Å². The number of hydrogen-bond donors (Lipinski definition) is 1. The van der Waals surface area contributed by atoms with E-state index < -0.39 is 35.2 Å². The van der Waals surface area contributed by atoms with Gasteiger partial charge in [0.1, 0.15) is 11.6 Å². The lowest BCUT2D eigenvalue weighted by Gasteiger charge is -2.05. The summed E-state index contributed by atoms with van der Waals surface area (Å²) in [5.41, 5.74) is -2.88. The molecule has 78 valence electrons. The molecule has 0 aromatic carbocycles. The van der Waals surface area contributed by atoms with E-state index in [0.717, 1.165) is 0 Å². The first-order valence-corrected chi connectivity index (χ1v) is 3.59. The molecule has 0 aliphatic rings. The van der Waals surface area contributed by atoms with Crippen LogP contribution in [0.2, 0.25) is 0 Å². The van der Waals surface area contributed by atoms with Crippen LogP contribution in [0, 0.1) is 17.3 Å². The number of nitrogens with zero attached hydrogens (tertiary/aromatic N) is 2. The third kappa shape index (κ3) is 2.04. The van der Waals surface area contributed by atoms with Gasteiger partial charge in [0, 0.05) is 11.6 Å². The highest BCUT2D eigenvalue weighted by atomic mass is 19.3. The number of pyridine rings is 1. The van der Waals surface area contributed by atoms with E-state index in [1.54, 1.807) is 0 Å². The van der Waals surface area contributed by atoms with Crippen molar-refractivity contribution in [2.75, 3.05) is 0 Å². The van der Waals surface area contributed by atoms with Crippen molar-refractivity contribution in [2.45, 2.75) is 6.43 Å². The minimum absolute atomic E-state index is 0.301. The number of carboxylic acids is 1. The van der Waals surface area contributed by atoms with Crippen molar-refractivity contribution < 1.29 is 23.1 Å². The van der Waals surface area contributed by atoms with Crippen LogP contribution in [0.15, 0.2) is 6.07 Å². The summed E-state index contributed by atoms with van der Waals surface area (Å²) in [7, 11) is 0. The summed E-state index contributed by atoms with van der Waals surface area (Å²) < 4.78 is 37.3. The zero-order valence-corrected chi connectivity index (χ0v) is 7.04. The highest BCUT2D eigenvalue weighted by Gasteiger charge is 2.24. The highest BCUT2D eigenvalue weighted by molar-refractivity contribution is 5.91. The summed E-state index contributed by atoms with van der Waals surface area (Å²) >= 11 is 0. The molecule has 0 saturated heterocycles. The monoisotopic (exact) mass is 216 g/mol. The highest BCUT2D eigenvalue weighted by Crippen LogP contribution is 2.25. The van der Waals surface area contributed by atoms with Crippen LogP contribution in [0.4, 0.5) is 13.2 Å². The average molecular weight is 216 g/mol. The maximum absolute atomic E-state index is 12.6. The summed E-state index contributed by atoms with van der Waals surface area (Å²) in [6, 6.07) is 1.55. The minimum atomic E-state index is -3.18. The zero-order valence-electron chi connectivity index (χ0n) is 7.04. The Morgan fingerprint density at radius 3 is 2.60 bits per heavy atom. The van der Waals surface area contributed by atoms with Crippen molar-refractivity contribution in [3.63, 3.8) is 0 Å². The van der Waals surface area contributed by atoms with Crippen LogP contribution in [0.25, 0.3) is 0 Å². The fourth-order valence-electron chi connectivity index (χ4n) is 1.01. The molecule has 1 N–H and O–H groups in total. The maximum atomic E-state index is 12.6. The quantitative estimate of drug-likeness (QED) is 0.764. The Morgan fingerprint density at radius 2 is 2.20 bits per heavy atom. The molecule has 0 spiro atoms. The lowest BCUT2D eigenvalue weighted by molar-refractivity contribution is 0.0683. The molecule has 4 nitrogen and oxygen atoms in total. The molecule has 0 aliphatic heterocycles. The normalized spacial score (nSPS) is 10.1. The molecule has 0 fully saturated rings. The number of nitriles is 1. The summed E-state index contributed by atoms with van der Waals surface area (Å²) in [5, 5.41) is 17.0. The topological polar surface area (TPSA) is 74.0 Å². The van der Waals surface area contributed by atoms with Gasteiger partial charge in [-0.05, 0) is 0 Å². The summed E-state index contributed by atoms with van der Waals surface area (Å²) in [5.74, 6) is -3.05. The molecule has 7 heteroatoms. The number of carboxylic acid groups (broad SMARTS) is 1. The van der Waals surface area contributed by atoms with Crippen molar-refractivity contribution in [1.82, 2.24) is 4.98 Å². The third-order valence-electron chi connectivity index (χ3n) is 1.57. The molecule has 1 rings (SSSR count). The number of hydrogen-bond acceptors (Lipinski definition) is 3. The van der Waals surface area contributed by atoms with E-state index in [0.29, 0.717) is 6.07 Å². The van der Waals surface area contributed by atoms with Gasteiger partial charge in [-0.15, -0.1) is 0 Å². The Hall–Kier alpha value is -2.10. The van der Waals surface area contributed by atoms with Gasteiger partial charge in [-0.2, -0.15) is 9.65 Å². The lowest BCUT2D eigenvalue weighted by atomic mass is 10.1. The van der Waals surface area contributed by atoms with E-state index in [4.69, 9.17) is 10.4 Å². The summed E-state index contributed by atoms with van der Waals surface area (Å²) in [4.78, 5) is 13.5. The smallest absolute Gasteiger partial charge is 0.339 e. The van der Waals surface area contributed by atoms with E-state index in [2.05, 4.69) is 4.98 Å². The molecule has 1 aromatic heterocycles. The Labute approximate surface area is 81.6 Å². The SMILES string of the molecule is N#Cc1nc(F)cc(C(F)F)c1C(=O)O. The molecule has 0 amide bonds. The number of rotatable bonds is 2. The predicted molar refractivity (Wildman–Crippen MR) is 40.8 cm³/mol. The maximum Gasteiger partial charge on any atom is 0.339 e. The van der Waals surface area contributed by atoms with Crippen molar-refractivity contribution in [3.05, 3.63) is 28.8 Å². The van der Waals surface area contributed by atoms with E-state index in [9.17, 15) is 18.0 Å². The van der Waals surface area contributed by atoms with Gasteiger partial charge in [-0.3, -0.25) is 0 Å². The van der Waals surface area contributed by atoms with Gasteiger partial charge in [0.25, 0.3) is 6.43 Å². The molecule has 1 heterocycles. The third-order valence-corrected chi connectivity index (χ3v) is 1.57. The summed E-state index contributed by atoms with van der Waals surface area (Å²) in [6.07, 6.45) is -3.18. The Morgan fingerprint density at radius 1 is 1.60 bits per heavy atom. The van der Waals surface area contributed by atoms with Crippen LogP contribution in [0.1, 0.15) is 28.0 Å². The molecule has 0 atom stereocenters. The van der Waals surface area contributed by atoms with Crippen molar-refractivity contribution in [3.8, 4) is 6.07 Å². The first-order valence-electron chi connectivity index (χ1n) is 3.59. The first kappa shape index (κ1) is 11.0. The molecule has 0 aliphatic carbocycles. The molecule has 0 radical (unpaired) electrons. The number of halogens is 3. The van der Waals surface area contributed by atoms with Crippen LogP contribution in [-0.4, -0.2) is 16.1 Å². The predicted octanol–water partition coefficient (Wildman–Crippen LogP) is 1.73. The van der Waals surface area contributed by atoms with Gasteiger partial charge in [-0.25, -0.2) is 18.6 Å². The molecular formula is C8H3F3N2O2. The van der Waals surface area contributed by atoms with E-state index >= 15 is 0 Å². The Kier molecular flexibility index (Phi) is 2.90. The van der Waals surface area contributed by atoms with E-state index in [1.807, 2.05) is 0 Å². The van der Waals surface area contributed by atoms with Gasteiger partial charge < -0.3 is 5.11 Å². The Balaban J connectivity index is 3.56. The standard InChI is InChI=1S/C8H3F3N2O2/c9-5-1-3(7(10)11)6(8(14)15)4(2-12)13-5/h1,7H,(H,14,15). The van der Waals surface area contributed by atoms with Crippen molar-refractivity contribution >= 4 is 5.97 Å². The van der Waals surface area contributed by atoms with Crippen LogP contribution < -0.4 is 0 Å². The number of aromatic carboxylic acids is 1. The average Bonchev–Trinajstić information content (AvgIpc) is 2.15. The van der Waals surface area contributed by atoms with E-state index in [-0.39, 0.29) is 0 Å². The van der Waals surface area contributed by atoms with Crippen LogP contribution in [-0.2, 0) is 0 Å². The fraction of sp³-hybridized carbons (Fsp3) is 0.125. The minimum Gasteiger partial charge on any atom is -0.478 e. The number of carbonyl (C=O) groups is 1. The second-order valence-corrected chi connectivity index (χ2v) is 2.48.